The molecule has 0 spiro atoms. The van der Waals surface area contributed by atoms with Gasteiger partial charge in [-0.25, -0.2) is 0 Å². The van der Waals surface area contributed by atoms with E-state index in [0.717, 1.165) is 32.2 Å². The number of rotatable bonds is 3. The van der Waals surface area contributed by atoms with Crippen molar-refractivity contribution in [3.63, 3.8) is 0 Å². The Morgan fingerprint density at radius 1 is 1.43 bits per heavy atom. The minimum Gasteiger partial charge on any atom is -0.377 e. The number of hydrogen-bond acceptors (Lipinski definition) is 3. The molecule has 3 heteroatoms. The molecule has 2 aliphatic rings. The van der Waals surface area contributed by atoms with Crippen LogP contribution < -0.4 is 5.32 Å². The lowest BCUT2D eigenvalue weighted by atomic mass is 10.1. The maximum Gasteiger partial charge on any atom is 0.0689 e. The molecule has 0 amide bonds. The third-order valence-electron chi connectivity index (χ3n) is 2.82. The average Bonchev–Trinajstić information content (AvgIpc) is 2.29. The second kappa shape index (κ2) is 5.79. The Kier molecular flexibility index (Phi) is 4.35. The lowest BCUT2D eigenvalue weighted by molar-refractivity contribution is 0.148. The van der Waals surface area contributed by atoms with Gasteiger partial charge in [0.1, 0.15) is 0 Å². The summed E-state index contributed by atoms with van der Waals surface area (Å²) in [4.78, 5) is 0. The van der Waals surface area contributed by atoms with Crippen LogP contribution in [0.1, 0.15) is 19.3 Å². The first-order valence-electron chi connectivity index (χ1n) is 5.52. The van der Waals surface area contributed by atoms with Gasteiger partial charge in [0.05, 0.1) is 13.2 Å². The summed E-state index contributed by atoms with van der Waals surface area (Å²) in [5.74, 6) is 2.65. The Morgan fingerprint density at radius 3 is 3.00 bits per heavy atom. The summed E-state index contributed by atoms with van der Waals surface area (Å²) in [7, 11) is 0. The van der Waals surface area contributed by atoms with Crippen molar-refractivity contribution >= 4 is 11.8 Å². The van der Waals surface area contributed by atoms with Crippen molar-refractivity contribution in [2.45, 2.75) is 25.3 Å². The Labute approximate surface area is 90.5 Å². The van der Waals surface area contributed by atoms with Crippen LogP contribution in [0.25, 0.3) is 0 Å². The molecule has 0 saturated carbocycles. The van der Waals surface area contributed by atoms with E-state index in [1.807, 2.05) is 0 Å². The molecular weight excluding hydrogens is 194 g/mol. The molecule has 0 bridgehead atoms. The summed E-state index contributed by atoms with van der Waals surface area (Å²) >= 11 is 2.08. The molecule has 0 aliphatic carbocycles. The van der Waals surface area contributed by atoms with Crippen LogP contribution in [-0.4, -0.2) is 37.3 Å². The lowest BCUT2D eigenvalue weighted by Gasteiger charge is -2.24. The molecule has 0 aromatic rings. The lowest BCUT2D eigenvalue weighted by Crippen LogP contribution is -2.34. The van der Waals surface area contributed by atoms with Crippen molar-refractivity contribution in [2.24, 2.45) is 0 Å². The molecule has 1 fully saturated rings. The van der Waals surface area contributed by atoms with Crippen molar-refractivity contribution in [1.82, 2.24) is 5.32 Å². The van der Waals surface area contributed by atoms with E-state index in [2.05, 4.69) is 23.2 Å². The zero-order chi connectivity index (χ0) is 9.64. The van der Waals surface area contributed by atoms with Crippen LogP contribution in [0.3, 0.4) is 0 Å². The monoisotopic (exact) mass is 213 g/mol. The maximum absolute atomic E-state index is 5.41. The second-order valence-electron chi connectivity index (χ2n) is 3.97. The van der Waals surface area contributed by atoms with Gasteiger partial charge in [-0.1, -0.05) is 6.08 Å². The standard InChI is InChI=1S/C11H19NOS/c1-2-10(9-13-5-1)8-12-11-3-6-14-7-4-11/h2,11-12H,1,3-9H2. The number of thioether (sulfide) groups is 1. The number of hydrogen-bond donors (Lipinski definition) is 1. The van der Waals surface area contributed by atoms with Crippen LogP contribution in [-0.2, 0) is 4.74 Å². The van der Waals surface area contributed by atoms with Gasteiger partial charge in [0.2, 0.25) is 0 Å². The van der Waals surface area contributed by atoms with Crippen molar-refractivity contribution in [3.05, 3.63) is 11.6 Å². The summed E-state index contributed by atoms with van der Waals surface area (Å²) in [6.45, 7) is 2.79. The molecule has 2 nitrogen and oxygen atoms in total. The fraction of sp³-hybridized carbons (Fsp3) is 0.818. The van der Waals surface area contributed by atoms with Crippen LogP contribution in [0, 0.1) is 0 Å². The topological polar surface area (TPSA) is 21.3 Å². The third kappa shape index (κ3) is 3.30. The number of nitrogens with one attached hydrogen (secondary N) is 1. The predicted octanol–water partition coefficient (Wildman–Crippen LogP) is 1.82. The summed E-state index contributed by atoms with van der Waals surface area (Å²) in [6, 6.07) is 0.749. The van der Waals surface area contributed by atoms with Gasteiger partial charge in [-0.05, 0) is 36.3 Å². The van der Waals surface area contributed by atoms with Crippen molar-refractivity contribution in [1.29, 1.82) is 0 Å². The van der Waals surface area contributed by atoms with Crippen molar-refractivity contribution < 1.29 is 4.74 Å². The SMILES string of the molecule is C1=C(CNC2CCSCC2)COCC1. The summed E-state index contributed by atoms with van der Waals surface area (Å²) in [6.07, 6.45) is 6.09. The van der Waals surface area contributed by atoms with E-state index in [1.165, 1.54) is 29.9 Å². The minimum atomic E-state index is 0.749. The van der Waals surface area contributed by atoms with E-state index >= 15 is 0 Å². The molecule has 0 aromatic heterocycles. The van der Waals surface area contributed by atoms with Crippen molar-refractivity contribution in [2.75, 3.05) is 31.3 Å². The molecular formula is C11H19NOS. The van der Waals surface area contributed by atoms with Gasteiger partial charge in [-0.2, -0.15) is 11.8 Å². The molecule has 80 valence electrons. The van der Waals surface area contributed by atoms with Gasteiger partial charge in [-0.15, -0.1) is 0 Å². The van der Waals surface area contributed by atoms with Crippen molar-refractivity contribution in [3.8, 4) is 0 Å². The molecule has 0 atom stereocenters. The highest BCUT2D eigenvalue weighted by molar-refractivity contribution is 7.99. The van der Waals surface area contributed by atoms with Gasteiger partial charge in [0.15, 0.2) is 0 Å². The minimum absolute atomic E-state index is 0.749. The van der Waals surface area contributed by atoms with Crippen LogP contribution in [0.15, 0.2) is 11.6 Å². The molecule has 1 N–H and O–H groups in total. The summed E-state index contributed by atoms with van der Waals surface area (Å²) in [5, 5.41) is 3.63. The number of ether oxygens (including phenoxy) is 1. The Hall–Kier alpha value is 0.01000. The Balaban J connectivity index is 1.67. The van der Waals surface area contributed by atoms with E-state index in [-0.39, 0.29) is 0 Å². The van der Waals surface area contributed by atoms with E-state index in [0.29, 0.717) is 0 Å². The molecule has 14 heavy (non-hydrogen) atoms. The molecule has 0 radical (unpaired) electrons. The first-order valence-corrected chi connectivity index (χ1v) is 6.67. The van der Waals surface area contributed by atoms with E-state index in [4.69, 9.17) is 4.74 Å². The fourth-order valence-corrected chi connectivity index (χ4v) is 3.02. The van der Waals surface area contributed by atoms with Crippen LogP contribution in [0.5, 0.6) is 0 Å². The zero-order valence-corrected chi connectivity index (χ0v) is 9.44. The molecule has 2 heterocycles. The predicted molar refractivity (Wildman–Crippen MR) is 61.9 cm³/mol. The largest absolute Gasteiger partial charge is 0.377 e. The molecule has 2 aliphatic heterocycles. The second-order valence-corrected chi connectivity index (χ2v) is 5.20. The van der Waals surface area contributed by atoms with E-state index < -0.39 is 0 Å². The van der Waals surface area contributed by atoms with Gasteiger partial charge >= 0.3 is 0 Å². The third-order valence-corrected chi connectivity index (χ3v) is 3.87. The van der Waals surface area contributed by atoms with Gasteiger partial charge in [0.25, 0.3) is 0 Å². The molecule has 0 unspecified atom stereocenters. The quantitative estimate of drug-likeness (QED) is 0.723. The maximum atomic E-state index is 5.41. The highest BCUT2D eigenvalue weighted by Crippen LogP contribution is 2.17. The molecule has 0 aromatic carbocycles. The van der Waals surface area contributed by atoms with Crippen LogP contribution >= 0.6 is 11.8 Å². The smallest absolute Gasteiger partial charge is 0.0689 e. The first-order chi connectivity index (χ1) is 6.95. The highest BCUT2D eigenvalue weighted by Gasteiger charge is 2.13. The molecule has 1 saturated heterocycles. The fourth-order valence-electron chi connectivity index (χ4n) is 1.91. The van der Waals surface area contributed by atoms with E-state index in [9.17, 15) is 0 Å². The van der Waals surface area contributed by atoms with Crippen LogP contribution in [0.4, 0.5) is 0 Å². The normalized spacial score (nSPS) is 24.7. The zero-order valence-electron chi connectivity index (χ0n) is 8.63. The molecule has 2 rings (SSSR count). The van der Waals surface area contributed by atoms with Gasteiger partial charge in [-0.3, -0.25) is 0 Å². The first kappa shape index (κ1) is 10.5. The highest BCUT2D eigenvalue weighted by atomic mass is 32.2. The summed E-state index contributed by atoms with van der Waals surface area (Å²) < 4.78 is 5.41. The van der Waals surface area contributed by atoms with Gasteiger partial charge in [0, 0.05) is 12.6 Å². The Morgan fingerprint density at radius 2 is 2.29 bits per heavy atom. The Bertz CT molecular complexity index is 199. The average molecular weight is 213 g/mol. The van der Waals surface area contributed by atoms with Crippen LogP contribution in [0.2, 0.25) is 0 Å². The summed E-state index contributed by atoms with van der Waals surface area (Å²) in [5.41, 5.74) is 1.44. The van der Waals surface area contributed by atoms with Gasteiger partial charge < -0.3 is 10.1 Å². The van der Waals surface area contributed by atoms with E-state index in [1.54, 1.807) is 0 Å².